The number of hydrogen-bond acceptors (Lipinski definition) is 1. The van der Waals surface area contributed by atoms with Gasteiger partial charge < -0.3 is 5.73 Å². The zero-order valence-electron chi connectivity index (χ0n) is 6.13. The van der Waals surface area contributed by atoms with Crippen LogP contribution in [0.15, 0.2) is 24.3 Å². The van der Waals surface area contributed by atoms with Crippen molar-refractivity contribution in [2.24, 2.45) is 5.73 Å². The molecule has 1 aliphatic carbocycles. The van der Waals surface area contributed by atoms with Gasteiger partial charge in [0, 0.05) is 6.04 Å². The summed E-state index contributed by atoms with van der Waals surface area (Å²) >= 11 is 0. The first-order valence-electron chi connectivity index (χ1n) is 3.76. The quantitative estimate of drug-likeness (QED) is 0.598. The van der Waals surface area contributed by atoms with E-state index in [1.54, 1.807) is 0 Å². The van der Waals surface area contributed by atoms with Gasteiger partial charge >= 0.3 is 0 Å². The summed E-state index contributed by atoms with van der Waals surface area (Å²) in [4.78, 5) is 0. The SMILES string of the molecule is N[C@H]1Cc2ccccc2[C@H]1F. The van der Waals surface area contributed by atoms with Gasteiger partial charge in [-0.05, 0) is 17.5 Å². The number of benzene rings is 1. The van der Waals surface area contributed by atoms with Crippen LogP contribution >= 0.6 is 0 Å². The summed E-state index contributed by atoms with van der Waals surface area (Å²) in [7, 11) is 0. The van der Waals surface area contributed by atoms with Gasteiger partial charge in [-0.3, -0.25) is 0 Å². The molecular weight excluding hydrogens is 141 g/mol. The van der Waals surface area contributed by atoms with Crippen LogP contribution in [-0.4, -0.2) is 6.04 Å². The molecule has 1 aromatic carbocycles. The molecule has 0 spiro atoms. The summed E-state index contributed by atoms with van der Waals surface area (Å²) in [6.07, 6.45) is -0.275. The Labute approximate surface area is 65.0 Å². The number of halogens is 1. The molecule has 0 unspecified atom stereocenters. The Hall–Kier alpha value is -0.890. The lowest BCUT2D eigenvalue weighted by Crippen LogP contribution is -2.21. The smallest absolute Gasteiger partial charge is 0.141 e. The van der Waals surface area contributed by atoms with Crippen LogP contribution in [0.5, 0.6) is 0 Å². The Kier molecular flexibility index (Phi) is 1.43. The Morgan fingerprint density at radius 1 is 1.36 bits per heavy atom. The van der Waals surface area contributed by atoms with Crippen LogP contribution in [0.2, 0.25) is 0 Å². The van der Waals surface area contributed by atoms with E-state index in [0.717, 1.165) is 11.1 Å². The highest BCUT2D eigenvalue weighted by atomic mass is 19.1. The first kappa shape index (κ1) is 6.80. The highest BCUT2D eigenvalue weighted by Crippen LogP contribution is 2.32. The Balaban J connectivity index is 2.47. The molecule has 2 N–H and O–H groups in total. The minimum absolute atomic E-state index is 0.326. The lowest BCUT2D eigenvalue weighted by Gasteiger charge is -2.04. The maximum absolute atomic E-state index is 13.2. The van der Waals surface area contributed by atoms with Gasteiger partial charge in [-0.1, -0.05) is 24.3 Å². The van der Waals surface area contributed by atoms with Gasteiger partial charge in [-0.25, -0.2) is 4.39 Å². The second-order valence-corrected chi connectivity index (χ2v) is 2.97. The number of fused-ring (bicyclic) bond motifs is 1. The van der Waals surface area contributed by atoms with E-state index in [0.29, 0.717) is 6.42 Å². The van der Waals surface area contributed by atoms with Crippen molar-refractivity contribution in [2.45, 2.75) is 18.6 Å². The van der Waals surface area contributed by atoms with E-state index in [2.05, 4.69) is 0 Å². The second-order valence-electron chi connectivity index (χ2n) is 2.97. The molecule has 0 amide bonds. The van der Waals surface area contributed by atoms with Crippen LogP contribution in [-0.2, 0) is 6.42 Å². The molecule has 0 aromatic heterocycles. The minimum Gasteiger partial charge on any atom is -0.325 e. The summed E-state index contributed by atoms with van der Waals surface area (Å²) in [5.74, 6) is 0. The van der Waals surface area contributed by atoms with Gasteiger partial charge in [0.1, 0.15) is 6.17 Å². The van der Waals surface area contributed by atoms with Crippen molar-refractivity contribution < 1.29 is 4.39 Å². The summed E-state index contributed by atoms with van der Waals surface area (Å²) < 4.78 is 13.2. The molecule has 58 valence electrons. The maximum atomic E-state index is 13.2. The zero-order chi connectivity index (χ0) is 7.84. The van der Waals surface area contributed by atoms with Crippen LogP contribution in [0.4, 0.5) is 4.39 Å². The second kappa shape index (κ2) is 2.31. The number of alkyl halides is 1. The Bertz CT molecular complexity index is 272. The lowest BCUT2D eigenvalue weighted by molar-refractivity contribution is 0.308. The fraction of sp³-hybridized carbons (Fsp3) is 0.333. The molecule has 1 aliphatic rings. The van der Waals surface area contributed by atoms with Crippen LogP contribution < -0.4 is 5.73 Å². The highest BCUT2D eigenvalue weighted by molar-refractivity contribution is 5.35. The molecule has 0 heterocycles. The van der Waals surface area contributed by atoms with Gasteiger partial charge in [0.05, 0.1) is 0 Å². The van der Waals surface area contributed by atoms with E-state index in [-0.39, 0.29) is 6.04 Å². The fourth-order valence-electron chi connectivity index (χ4n) is 1.58. The van der Waals surface area contributed by atoms with Gasteiger partial charge in [0.2, 0.25) is 0 Å². The van der Waals surface area contributed by atoms with Crippen LogP contribution in [0.25, 0.3) is 0 Å². The molecule has 0 radical (unpaired) electrons. The molecule has 0 saturated carbocycles. The highest BCUT2D eigenvalue weighted by Gasteiger charge is 2.28. The van der Waals surface area contributed by atoms with Crippen LogP contribution in [0, 0.1) is 0 Å². The predicted octanol–water partition coefficient (Wildman–Crippen LogP) is 1.58. The van der Waals surface area contributed by atoms with Crippen molar-refractivity contribution in [2.75, 3.05) is 0 Å². The van der Waals surface area contributed by atoms with E-state index in [9.17, 15) is 4.39 Å². The van der Waals surface area contributed by atoms with E-state index in [4.69, 9.17) is 5.73 Å². The summed E-state index contributed by atoms with van der Waals surface area (Å²) in [6, 6.07) is 7.20. The third-order valence-corrected chi connectivity index (χ3v) is 2.18. The molecule has 1 aromatic rings. The largest absolute Gasteiger partial charge is 0.325 e. The van der Waals surface area contributed by atoms with Crippen LogP contribution in [0.1, 0.15) is 17.3 Å². The number of hydrogen-bond donors (Lipinski definition) is 1. The molecular formula is C9H10FN. The molecule has 2 heteroatoms. The van der Waals surface area contributed by atoms with E-state index >= 15 is 0 Å². The molecule has 0 fully saturated rings. The Morgan fingerprint density at radius 3 is 2.82 bits per heavy atom. The third-order valence-electron chi connectivity index (χ3n) is 2.18. The molecule has 0 bridgehead atoms. The molecule has 2 atom stereocenters. The van der Waals surface area contributed by atoms with E-state index in [1.165, 1.54) is 0 Å². The van der Waals surface area contributed by atoms with Gasteiger partial charge in [-0.15, -0.1) is 0 Å². The fourth-order valence-corrected chi connectivity index (χ4v) is 1.58. The normalized spacial score (nSPS) is 28.5. The van der Waals surface area contributed by atoms with Gasteiger partial charge in [-0.2, -0.15) is 0 Å². The molecule has 0 saturated heterocycles. The van der Waals surface area contributed by atoms with Crippen molar-refractivity contribution in [3.8, 4) is 0 Å². The van der Waals surface area contributed by atoms with Crippen molar-refractivity contribution >= 4 is 0 Å². The van der Waals surface area contributed by atoms with Crippen molar-refractivity contribution in [1.29, 1.82) is 0 Å². The molecule has 2 rings (SSSR count). The average molecular weight is 151 g/mol. The Morgan fingerprint density at radius 2 is 2.09 bits per heavy atom. The van der Waals surface area contributed by atoms with Gasteiger partial charge in [0.15, 0.2) is 0 Å². The minimum atomic E-state index is -0.953. The predicted molar refractivity (Wildman–Crippen MR) is 42.0 cm³/mol. The van der Waals surface area contributed by atoms with Crippen molar-refractivity contribution in [3.05, 3.63) is 35.4 Å². The zero-order valence-corrected chi connectivity index (χ0v) is 6.13. The first-order valence-corrected chi connectivity index (χ1v) is 3.76. The molecule has 11 heavy (non-hydrogen) atoms. The molecule has 0 aliphatic heterocycles. The van der Waals surface area contributed by atoms with Crippen molar-refractivity contribution in [1.82, 2.24) is 0 Å². The number of rotatable bonds is 0. The molecule has 1 nitrogen and oxygen atoms in total. The van der Waals surface area contributed by atoms with Crippen molar-refractivity contribution in [3.63, 3.8) is 0 Å². The van der Waals surface area contributed by atoms with Crippen LogP contribution in [0.3, 0.4) is 0 Å². The first-order chi connectivity index (χ1) is 5.29. The number of nitrogens with two attached hydrogens (primary N) is 1. The maximum Gasteiger partial charge on any atom is 0.141 e. The monoisotopic (exact) mass is 151 g/mol. The van der Waals surface area contributed by atoms with Gasteiger partial charge in [0.25, 0.3) is 0 Å². The lowest BCUT2D eigenvalue weighted by atomic mass is 10.1. The third kappa shape index (κ3) is 0.942. The standard InChI is InChI=1S/C9H10FN/c10-9-7-4-2-1-3-6(7)5-8(9)11/h1-4,8-9H,5,11H2/t8-,9+/m0/s1. The summed E-state index contributed by atoms with van der Waals surface area (Å²) in [5.41, 5.74) is 7.39. The average Bonchev–Trinajstić information content (AvgIpc) is 2.30. The van der Waals surface area contributed by atoms with E-state index < -0.39 is 6.17 Å². The summed E-state index contributed by atoms with van der Waals surface area (Å²) in [5, 5.41) is 0. The topological polar surface area (TPSA) is 26.0 Å². The summed E-state index contributed by atoms with van der Waals surface area (Å²) in [6.45, 7) is 0. The van der Waals surface area contributed by atoms with E-state index in [1.807, 2.05) is 24.3 Å².